The fraction of sp³-hybridized carbons (Fsp3) is 0.524. The number of hydrogen-bond donors (Lipinski definition) is 2. The second-order valence-corrected chi connectivity index (χ2v) is 7.29. The number of likely N-dealkylation sites (tertiary alicyclic amines) is 1. The molecule has 164 valence electrons. The molecule has 0 atom stereocenters. The molecule has 0 radical (unpaired) electrons. The van der Waals surface area contributed by atoms with Crippen molar-refractivity contribution in [2.24, 2.45) is 5.92 Å². The van der Waals surface area contributed by atoms with Gasteiger partial charge in [0.25, 0.3) is 0 Å². The van der Waals surface area contributed by atoms with Gasteiger partial charge in [-0.25, -0.2) is 0 Å². The Balaban J connectivity index is 1.81. The number of nitrogens with zero attached hydrogens (tertiary/aromatic N) is 2. The summed E-state index contributed by atoms with van der Waals surface area (Å²) in [4.78, 5) is 51.1. The van der Waals surface area contributed by atoms with Crippen molar-refractivity contribution >= 4 is 35.1 Å². The highest BCUT2D eigenvalue weighted by molar-refractivity contribution is 5.95. The molecule has 1 aromatic carbocycles. The van der Waals surface area contributed by atoms with E-state index in [-0.39, 0.29) is 42.7 Å². The Bertz CT molecular complexity index is 757. The van der Waals surface area contributed by atoms with E-state index >= 15 is 0 Å². The van der Waals surface area contributed by atoms with Crippen LogP contribution in [0.15, 0.2) is 24.3 Å². The number of likely N-dealkylation sites (N-methyl/N-ethyl adjacent to an activating group) is 1. The molecule has 1 aliphatic heterocycles. The number of anilines is 2. The van der Waals surface area contributed by atoms with Crippen molar-refractivity contribution in [3.05, 3.63) is 24.3 Å². The number of piperidine rings is 1. The van der Waals surface area contributed by atoms with Crippen molar-refractivity contribution in [2.45, 2.75) is 26.7 Å². The highest BCUT2D eigenvalue weighted by atomic mass is 16.5. The number of esters is 1. The highest BCUT2D eigenvalue weighted by Crippen LogP contribution is 2.18. The Morgan fingerprint density at radius 3 is 2.13 bits per heavy atom. The average Bonchev–Trinajstić information content (AvgIpc) is 2.73. The maximum atomic E-state index is 12.6. The first-order valence-electron chi connectivity index (χ1n) is 10.1. The molecule has 2 N–H and O–H groups in total. The number of hydrogen-bond acceptors (Lipinski definition) is 6. The molecule has 9 nitrogen and oxygen atoms in total. The van der Waals surface area contributed by atoms with Crippen LogP contribution in [0, 0.1) is 5.92 Å². The molecule has 0 unspecified atom stereocenters. The summed E-state index contributed by atoms with van der Waals surface area (Å²) in [5.41, 5.74) is 1.23. The quantitative estimate of drug-likeness (QED) is 0.617. The van der Waals surface area contributed by atoms with Gasteiger partial charge in [0, 0.05) is 24.8 Å². The molecule has 1 aliphatic rings. The number of carbonyl (C=O) groups excluding carboxylic acids is 4. The Labute approximate surface area is 176 Å². The van der Waals surface area contributed by atoms with Crippen LogP contribution in [0.3, 0.4) is 0 Å². The lowest BCUT2D eigenvalue weighted by Crippen LogP contribution is -2.46. The number of rotatable bonds is 8. The first-order valence-corrected chi connectivity index (χ1v) is 10.1. The lowest BCUT2D eigenvalue weighted by molar-refractivity contribution is -0.147. The molecule has 0 spiro atoms. The summed E-state index contributed by atoms with van der Waals surface area (Å²) < 4.78 is 4.78. The third-order valence-corrected chi connectivity index (χ3v) is 5.04. The first kappa shape index (κ1) is 23.3. The molecular formula is C21H30N4O5. The fourth-order valence-corrected chi connectivity index (χ4v) is 3.38. The van der Waals surface area contributed by atoms with Gasteiger partial charge in [0.1, 0.15) is 0 Å². The van der Waals surface area contributed by atoms with Gasteiger partial charge in [-0.3, -0.25) is 24.1 Å². The third kappa shape index (κ3) is 7.14. The predicted octanol–water partition coefficient (Wildman–Crippen LogP) is 1.32. The minimum Gasteiger partial charge on any atom is -0.469 e. The minimum absolute atomic E-state index is 0.0403. The van der Waals surface area contributed by atoms with E-state index in [1.54, 1.807) is 24.3 Å². The summed E-state index contributed by atoms with van der Waals surface area (Å²) in [7, 11) is 1.39. The summed E-state index contributed by atoms with van der Waals surface area (Å²) >= 11 is 0. The first-order chi connectivity index (χ1) is 14.3. The third-order valence-electron chi connectivity index (χ3n) is 5.04. The SMILES string of the molecule is CCN(CC(=O)Nc1ccc(NC(C)=O)cc1)C(=O)CN1CCC(C(=O)OC)CC1. The van der Waals surface area contributed by atoms with Crippen LogP contribution in [0.2, 0.25) is 0 Å². The van der Waals surface area contributed by atoms with E-state index in [4.69, 9.17) is 4.74 Å². The number of amides is 3. The molecule has 9 heteroatoms. The molecule has 1 aromatic rings. The second kappa shape index (κ2) is 11.3. The molecule has 0 aliphatic carbocycles. The maximum absolute atomic E-state index is 12.6. The monoisotopic (exact) mass is 418 g/mol. The van der Waals surface area contributed by atoms with Gasteiger partial charge in [-0.05, 0) is 57.1 Å². The predicted molar refractivity (Wildman–Crippen MR) is 113 cm³/mol. The lowest BCUT2D eigenvalue weighted by atomic mass is 9.97. The molecule has 3 amide bonds. The molecule has 2 rings (SSSR count). The van der Waals surface area contributed by atoms with Crippen molar-refractivity contribution in [2.75, 3.05) is 50.5 Å². The van der Waals surface area contributed by atoms with E-state index in [1.165, 1.54) is 18.9 Å². The van der Waals surface area contributed by atoms with Crippen LogP contribution < -0.4 is 10.6 Å². The van der Waals surface area contributed by atoms with E-state index < -0.39 is 0 Å². The van der Waals surface area contributed by atoms with E-state index in [0.717, 1.165) is 0 Å². The molecule has 30 heavy (non-hydrogen) atoms. The van der Waals surface area contributed by atoms with Gasteiger partial charge in [-0.2, -0.15) is 0 Å². The second-order valence-electron chi connectivity index (χ2n) is 7.29. The Morgan fingerprint density at radius 1 is 1.07 bits per heavy atom. The smallest absolute Gasteiger partial charge is 0.308 e. The number of benzene rings is 1. The van der Waals surface area contributed by atoms with Crippen LogP contribution in [0.5, 0.6) is 0 Å². The van der Waals surface area contributed by atoms with E-state index in [0.29, 0.717) is 43.9 Å². The van der Waals surface area contributed by atoms with Gasteiger partial charge in [-0.1, -0.05) is 0 Å². The van der Waals surface area contributed by atoms with Crippen LogP contribution >= 0.6 is 0 Å². The van der Waals surface area contributed by atoms with Crippen molar-refractivity contribution < 1.29 is 23.9 Å². The summed E-state index contributed by atoms with van der Waals surface area (Å²) in [6, 6.07) is 6.76. The standard InChI is InChI=1S/C21H30N4O5/c1-4-25(20(28)14-24-11-9-16(10-12-24)21(29)30-3)13-19(27)23-18-7-5-17(6-8-18)22-15(2)26/h5-8,16H,4,9-14H2,1-3H3,(H,22,26)(H,23,27). The number of carbonyl (C=O) groups is 4. The molecule has 0 bridgehead atoms. The van der Waals surface area contributed by atoms with Gasteiger partial charge in [0.2, 0.25) is 17.7 Å². The van der Waals surface area contributed by atoms with Crippen LogP contribution in [0.25, 0.3) is 0 Å². The Kier molecular flexibility index (Phi) is 8.79. The topological polar surface area (TPSA) is 108 Å². The van der Waals surface area contributed by atoms with E-state index in [2.05, 4.69) is 10.6 Å². The van der Waals surface area contributed by atoms with Crippen molar-refractivity contribution in [3.63, 3.8) is 0 Å². The summed E-state index contributed by atoms with van der Waals surface area (Å²) in [6.07, 6.45) is 1.34. The normalized spacial score (nSPS) is 14.6. The van der Waals surface area contributed by atoms with Gasteiger partial charge in [-0.15, -0.1) is 0 Å². The van der Waals surface area contributed by atoms with Gasteiger partial charge in [0.05, 0.1) is 26.1 Å². The van der Waals surface area contributed by atoms with Gasteiger partial charge in [0.15, 0.2) is 0 Å². The van der Waals surface area contributed by atoms with Gasteiger partial charge >= 0.3 is 5.97 Å². The number of ether oxygens (including phenoxy) is 1. The molecule has 1 heterocycles. The fourth-order valence-electron chi connectivity index (χ4n) is 3.38. The van der Waals surface area contributed by atoms with Crippen molar-refractivity contribution in [3.8, 4) is 0 Å². The Morgan fingerprint density at radius 2 is 1.63 bits per heavy atom. The number of nitrogens with one attached hydrogen (secondary N) is 2. The molecule has 1 saturated heterocycles. The molecular weight excluding hydrogens is 388 g/mol. The minimum atomic E-state index is -0.290. The maximum Gasteiger partial charge on any atom is 0.308 e. The van der Waals surface area contributed by atoms with Gasteiger partial charge < -0.3 is 20.3 Å². The number of methoxy groups -OCH3 is 1. The summed E-state index contributed by atoms with van der Waals surface area (Å²) in [5, 5.41) is 5.42. The zero-order chi connectivity index (χ0) is 22.1. The van der Waals surface area contributed by atoms with Crippen molar-refractivity contribution in [1.29, 1.82) is 0 Å². The van der Waals surface area contributed by atoms with Crippen molar-refractivity contribution in [1.82, 2.24) is 9.80 Å². The summed E-state index contributed by atoms with van der Waals surface area (Å²) in [5.74, 6) is -0.880. The van der Waals surface area contributed by atoms with Crippen LogP contribution in [0.4, 0.5) is 11.4 Å². The Hall–Kier alpha value is -2.94. The molecule has 0 aromatic heterocycles. The van der Waals surface area contributed by atoms with E-state index in [1.807, 2.05) is 11.8 Å². The lowest BCUT2D eigenvalue weighted by Gasteiger charge is -2.31. The van der Waals surface area contributed by atoms with Crippen LogP contribution in [-0.2, 0) is 23.9 Å². The van der Waals surface area contributed by atoms with Crippen LogP contribution in [0.1, 0.15) is 26.7 Å². The zero-order valence-corrected chi connectivity index (χ0v) is 17.8. The molecule has 0 saturated carbocycles. The van der Waals surface area contributed by atoms with E-state index in [9.17, 15) is 19.2 Å². The molecule has 1 fully saturated rings. The van der Waals surface area contributed by atoms with Crippen LogP contribution in [-0.4, -0.2) is 73.3 Å². The zero-order valence-electron chi connectivity index (χ0n) is 17.8. The largest absolute Gasteiger partial charge is 0.469 e. The summed E-state index contributed by atoms with van der Waals surface area (Å²) in [6.45, 7) is 5.16. The highest BCUT2D eigenvalue weighted by Gasteiger charge is 2.27. The average molecular weight is 418 g/mol.